The maximum Gasteiger partial charge on any atom is 0.416 e. The van der Waals surface area contributed by atoms with Crippen LogP contribution in [0.15, 0.2) is 42.6 Å². The fraction of sp³-hybridized carbons (Fsp3) is 0.400. The molecule has 42 heavy (non-hydrogen) atoms. The van der Waals surface area contributed by atoms with E-state index in [1.54, 1.807) is 31.0 Å². The smallest absolute Gasteiger partial charge is 0.357 e. The first-order valence-electron chi connectivity index (χ1n) is 13.9. The summed E-state index contributed by atoms with van der Waals surface area (Å²) in [5.74, 6) is -0.920. The van der Waals surface area contributed by atoms with Crippen LogP contribution < -0.4 is 16.4 Å². The van der Waals surface area contributed by atoms with E-state index in [1.807, 2.05) is 19.1 Å². The minimum atomic E-state index is -4.70. The molecule has 12 heteroatoms. The predicted molar refractivity (Wildman–Crippen MR) is 155 cm³/mol. The van der Waals surface area contributed by atoms with Gasteiger partial charge in [-0.3, -0.25) is 9.48 Å². The van der Waals surface area contributed by atoms with Gasteiger partial charge >= 0.3 is 6.18 Å². The standard InChI is InChI=1S/C24H22F4N6O.C6H13N/c1-4-13-7-15(8-16-12-30-23(29-2)32-22(13)16)19-11-20(33-34(19)3)31-21(35)10-14-9-17(25)5-6-18(14)24(26,27)28;7-6-4-2-1-3-5-6/h5-9,11-12H,4,10H2,1-3H3,(H,29,30,32)(H,31,33,35);6H,1-5,7H2. The van der Waals surface area contributed by atoms with E-state index in [-0.39, 0.29) is 5.82 Å². The Hall–Kier alpha value is -4.06. The van der Waals surface area contributed by atoms with E-state index >= 15 is 0 Å². The van der Waals surface area contributed by atoms with Crippen molar-refractivity contribution in [2.75, 3.05) is 17.7 Å². The number of nitrogens with two attached hydrogens (primary N) is 1. The number of halogens is 4. The van der Waals surface area contributed by atoms with Gasteiger partial charge in [0.15, 0.2) is 5.82 Å². The molecule has 1 saturated carbocycles. The average Bonchev–Trinajstić information content (AvgIpc) is 3.31. The molecule has 4 aromatic rings. The molecule has 0 aliphatic heterocycles. The van der Waals surface area contributed by atoms with Crippen molar-refractivity contribution in [3.8, 4) is 11.3 Å². The Morgan fingerprint density at radius 3 is 2.45 bits per heavy atom. The molecular formula is C30H35F4N7O. The van der Waals surface area contributed by atoms with Crippen LogP contribution in [0.5, 0.6) is 0 Å². The lowest BCUT2D eigenvalue weighted by Crippen LogP contribution is -2.22. The van der Waals surface area contributed by atoms with E-state index in [4.69, 9.17) is 5.73 Å². The zero-order chi connectivity index (χ0) is 30.4. The van der Waals surface area contributed by atoms with E-state index < -0.39 is 35.4 Å². The van der Waals surface area contributed by atoms with Crippen molar-refractivity contribution in [2.24, 2.45) is 12.8 Å². The van der Waals surface area contributed by atoms with Crippen molar-refractivity contribution in [1.29, 1.82) is 0 Å². The van der Waals surface area contributed by atoms with Crippen LogP contribution in [-0.2, 0) is 30.9 Å². The lowest BCUT2D eigenvalue weighted by Gasteiger charge is -2.15. The van der Waals surface area contributed by atoms with E-state index in [2.05, 4.69) is 25.7 Å². The van der Waals surface area contributed by atoms with Crippen LogP contribution in [0, 0.1) is 5.82 Å². The fourth-order valence-corrected chi connectivity index (χ4v) is 5.03. The zero-order valence-corrected chi connectivity index (χ0v) is 23.9. The molecule has 0 radical (unpaired) electrons. The molecule has 1 amide bonds. The lowest BCUT2D eigenvalue weighted by atomic mass is 9.97. The number of carbonyl (C=O) groups is 1. The number of nitrogens with zero attached hydrogens (tertiary/aromatic N) is 4. The van der Waals surface area contributed by atoms with Gasteiger partial charge in [-0.15, -0.1) is 0 Å². The Labute approximate surface area is 241 Å². The van der Waals surface area contributed by atoms with Crippen molar-refractivity contribution in [2.45, 2.75) is 64.1 Å². The summed E-state index contributed by atoms with van der Waals surface area (Å²) >= 11 is 0. The third kappa shape index (κ3) is 7.61. The highest BCUT2D eigenvalue weighted by atomic mass is 19.4. The van der Waals surface area contributed by atoms with Crippen LogP contribution >= 0.6 is 0 Å². The second-order valence-electron chi connectivity index (χ2n) is 10.3. The summed E-state index contributed by atoms with van der Waals surface area (Å²) in [5, 5.41) is 10.5. The Bertz CT molecular complexity index is 1540. The van der Waals surface area contributed by atoms with Crippen molar-refractivity contribution in [3.63, 3.8) is 0 Å². The third-order valence-electron chi connectivity index (χ3n) is 7.18. The minimum absolute atomic E-state index is 0.164. The van der Waals surface area contributed by atoms with E-state index in [9.17, 15) is 22.4 Å². The highest BCUT2D eigenvalue weighted by Gasteiger charge is 2.34. The molecular weight excluding hydrogens is 550 g/mol. The molecule has 1 aliphatic rings. The van der Waals surface area contributed by atoms with E-state index in [1.165, 1.54) is 32.1 Å². The normalized spacial score (nSPS) is 13.9. The number of fused-ring (bicyclic) bond motifs is 1. The Kier molecular flexibility index (Phi) is 9.77. The maximum atomic E-state index is 13.5. The van der Waals surface area contributed by atoms with Crippen LogP contribution in [0.3, 0.4) is 0 Å². The number of aromatic nitrogens is 4. The number of nitrogens with one attached hydrogen (secondary N) is 2. The maximum absolute atomic E-state index is 13.5. The quantitative estimate of drug-likeness (QED) is 0.231. The number of hydrogen-bond donors (Lipinski definition) is 3. The molecule has 224 valence electrons. The topological polar surface area (TPSA) is 111 Å². The molecule has 0 unspecified atom stereocenters. The number of aryl methyl sites for hydroxylation is 2. The molecule has 0 bridgehead atoms. The van der Waals surface area contributed by atoms with E-state index in [0.29, 0.717) is 29.8 Å². The largest absolute Gasteiger partial charge is 0.416 e. The molecule has 4 N–H and O–H groups in total. The minimum Gasteiger partial charge on any atom is -0.357 e. The van der Waals surface area contributed by atoms with Crippen LogP contribution in [-0.4, -0.2) is 38.7 Å². The number of carbonyl (C=O) groups excluding carboxylic acids is 1. The first kappa shape index (κ1) is 30.9. The van der Waals surface area contributed by atoms with Gasteiger partial charge in [0.2, 0.25) is 11.9 Å². The second-order valence-corrected chi connectivity index (χ2v) is 10.3. The van der Waals surface area contributed by atoms with Crippen molar-refractivity contribution in [3.05, 3.63) is 65.1 Å². The molecule has 8 nitrogen and oxygen atoms in total. The van der Waals surface area contributed by atoms with Gasteiger partial charge in [0, 0.05) is 43.4 Å². The highest BCUT2D eigenvalue weighted by molar-refractivity contribution is 5.93. The molecule has 2 heterocycles. The number of benzene rings is 2. The van der Waals surface area contributed by atoms with Gasteiger partial charge in [-0.05, 0) is 60.7 Å². The van der Waals surface area contributed by atoms with Crippen molar-refractivity contribution < 1.29 is 22.4 Å². The summed E-state index contributed by atoms with van der Waals surface area (Å²) in [4.78, 5) is 21.3. The predicted octanol–water partition coefficient (Wildman–Crippen LogP) is 6.25. The Morgan fingerprint density at radius 1 is 1.10 bits per heavy atom. The monoisotopic (exact) mass is 585 g/mol. The van der Waals surface area contributed by atoms with Gasteiger partial charge in [0.25, 0.3) is 0 Å². The first-order chi connectivity index (χ1) is 20.0. The molecule has 2 aromatic carbocycles. The number of alkyl halides is 3. The number of anilines is 2. The summed E-state index contributed by atoms with van der Waals surface area (Å²) in [7, 11) is 3.43. The summed E-state index contributed by atoms with van der Waals surface area (Å²) < 4.78 is 54.8. The second kappa shape index (κ2) is 13.3. The summed E-state index contributed by atoms with van der Waals surface area (Å²) in [6.07, 6.45) is 3.75. The van der Waals surface area contributed by atoms with Gasteiger partial charge in [0.05, 0.1) is 23.2 Å². The Balaban J connectivity index is 0.000000507. The molecule has 0 saturated heterocycles. The highest BCUT2D eigenvalue weighted by Crippen LogP contribution is 2.33. The molecule has 5 rings (SSSR count). The van der Waals surface area contributed by atoms with E-state index in [0.717, 1.165) is 34.5 Å². The third-order valence-corrected chi connectivity index (χ3v) is 7.18. The van der Waals surface area contributed by atoms with Crippen LogP contribution in [0.2, 0.25) is 0 Å². The number of amides is 1. The van der Waals surface area contributed by atoms with Crippen molar-refractivity contribution >= 4 is 28.6 Å². The summed E-state index contributed by atoms with van der Waals surface area (Å²) in [6.45, 7) is 2.01. The van der Waals surface area contributed by atoms with Gasteiger partial charge < -0.3 is 16.4 Å². The van der Waals surface area contributed by atoms with Crippen molar-refractivity contribution in [1.82, 2.24) is 19.7 Å². The molecule has 0 atom stereocenters. The molecule has 2 aromatic heterocycles. The lowest BCUT2D eigenvalue weighted by molar-refractivity contribution is -0.138. The number of rotatable bonds is 6. The van der Waals surface area contributed by atoms with Gasteiger partial charge in [-0.1, -0.05) is 26.2 Å². The molecule has 1 aliphatic carbocycles. The van der Waals surface area contributed by atoms with Crippen LogP contribution in [0.25, 0.3) is 22.2 Å². The Morgan fingerprint density at radius 2 is 1.83 bits per heavy atom. The van der Waals surface area contributed by atoms with Crippen LogP contribution in [0.1, 0.15) is 55.7 Å². The van der Waals surface area contributed by atoms with Gasteiger partial charge in [0.1, 0.15) is 5.82 Å². The van der Waals surface area contributed by atoms with Gasteiger partial charge in [-0.25, -0.2) is 14.4 Å². The fourth-order valence-electron chi connectivity index (χ4n) is 5.03. The molecule has 1 fully saturated rings. The number of hydrogen-bond acceptors (Lipinski definition) is 6. The molecule has 0 spiro atoms. The van der Waals surface area contributed by atoms with Crippen LogP contribution in [0.4, 0.5) is 29.3 Å². The summed E-state index contributed by atoms with van der Waals surface area (Å²) in [6, 6.07) is 8.10. The van der Waals surface area contributed by atoms with Gasteiger partial charge in [-0.2, -0.15) is 18.3 Å². The summed E-state index contributed by atoms with van der Waals surface area (Å²) in [5.41, 5.74) is 7.44. The zero-order valence-electron chi connectivity index (χ0n) is 23.9. The average molecular weight is 586 g/mol. The first-order valence-corrected chi connectivity index (χ1v) is 13.9. The SMILES string of the molecule is CCc1cc(-c2cc(NC(=O)Cc3cc(F)ccc3C(F)(F)F)nn2C)cc2cnc(NC)nc12.NC1CCCCC1.